The highest BCUT2D eigenvalue weighted by Gasteiger charge is 2.22. The normalized spacial score (nSPS) is 12.4. The van der Waals surface area contributed by atoms with Gasteiger partial charge in [0.2, 0.25) is 0 Å². The van der Waals surface area contributed by atoms with Crippen molar-refractivity contribution in [3.63, 3.8) is 0 Å². The van der Waals surface area contributed by atoms with Gasteiger partial charge >= 0.3 is 0 Å². The number of nitrogens with one attached hydrogen (secondary N) is 1. The van der Waals surface area contributed by atoms with E-state index >= 15 is 0 Å². The number of hydrogen-bond donors (Lipinski definition) is 2. The van der Waals surface area contributed by atoms with Gasteiger partial charge in [-0.25, -0.2) is 18.9 Å². The lowest BCUT2D eigenvalue weighted by Crippen LogP contribution is -2.27. The van der Waals surface area contributed by atoms with Crippen LogP contribution in [0.3, 0.4) is 0 Å². The summed E-state index contributed by atoms with van der Waals surface area (Å²) in [5, 5.41) is 7.24. The van der Waals surface area contributed by atoms with Crippen molar-refractivity contribution in [3.05, 3.63) is 83.5 Å². The van der Waals surface area contributed by atoms with Gasteiger partial charge in [0.25, 0.3) is 5.91 Å². The van der Waals surface area contributed by atoms with Crippen LogP contribution in [0.1, 0.15) is 40.3 Å². The maximum Gasteiger partial charge on any atom is 0.257 e. The average Bonchev–Trinajstić information content (AvgIpc) is 3.40. The summed E-state index contributed by atoms with van der Waals surface area (Å²) in [6.45, 7) is 5.76. The Balaban J connectivity index is 1.63. The molecule has 166 valence electrons. The van der Waals surface area contributed by atoms with Crippen LogP contribution in [0.2, 0.25) is 0 Å². The van der Waals surface area contributed by atoms with Gasteiger partial charge < -0.3 is 11.1 Å². The molecular weight excluding hydrogens is 421 g/mol. The van der Waals surface area contributed by atoms with Crippen molar-refractivity contribution in [2.24, 2.45) is 0 Å². The second-order valence-corrected chi connectivity index (χ2v) is 8.03. The Morgan fingerprint density at radius 3 is 2.79 bits per heavy atom. The number of halogens is 1. The van der Waals surface area contributed by atoms with Gasteiger partial charge in [0.05, 0.1) is 35.3 Å². The van der Waals surface area contributed by atoms with Crippen LogP contribution >= 0.6 is 0 Å². The molecule has 9 heteroatoms. The number of imidazole rings is 1. The first-order chi connectivity index (χ1) is 15.8. The summed E-state index contributed by atoms with van der Waals surface area (Å²) in [6, 6.07) is 8.06. The number of aromatic nitrogens is 5. The first-order valence-corrected chi connectivity index (χ1v) is 10.5. The number of nitrogens with zero attached hydrogens (tertiary/aromatic N) is 5. The number of carbonyl (C=O) groups is 1. The standard InChI is InChI=1S/C24H22FN7O/c1-13-9-17(14(2)30-24(33)18-11-29-31-8-4-7-27-23(18)31)22(32-15(3)28-12-21(13)32)16-5-6-20(26)19(25)10-16/h4-12,14H,26H2,1-3H3,(H,30,33). The van der Waals surface area contributed by atoms with Crippen molar-refractivity contribution >= 4 is 22.8 Å². The Morgan fingerprint density at radius 2 is 2.00 bits per heavy atom. The third kappa shape index (κ3) is 3.38. The number of amides is 1. The van der Waals surface area contributed by atoms with Crippen LogP contribution in [0.5, 0.6) is 0 Å². The fraction of sp³-hybridized carbons (Fsp3) is 0.167. The number of pyridine rings is 1. The second-order valence-electron chi connectivity index (χ2n) is 8.03. The van der Waals surface area contributed by atoms with Crippen LogP contribution in [0.15, 0.2) is 55.1 Å². The molecule has 8 nitrogen and oxygen atoms in total. The van der Waals surface area contributed by atoms with Crippen molar-refractivity contribution < 1.29 is 9.18 Å². The highest BCUT2D eigenvalue weighted by atomic mass is 19.1. The molecule has 1 aromatic carbocycles. The molecule has 0 aliphatic heterocycles. The molecule has 33 heavy (non-hydrogen) atoms. The Kier molecular flexibility index (Phi) is 4.81. The van der Waals surface area contributed by atoms with Gasteiger partial charge in [0.15, 0.2) is 5.65 Å². The van der Waals surface area contributed by atoms with Crippen LogP contribution in [-0.4, -0.2) is 29.9 Å². The van der Waals surface area contributed by atoms with E-state index in [-0.39, 0.29) is 11.6 Å². The molecule has 0 saturated heterocycles. The molecule has 0 fully saturated rings. The molecule has 5 rings (SSSR count). The predicted octanol–water partition coefficient (Wildman–Crippen LogP) is 3.87. The van der Waals surface area contributed by atoms with Crippen molar-refractivity contribution in [1.82, 2.24) is 29.3 Å². The van der Waals surface area contributed by atoms with E-state index < -0.39 is 11.9 Å². The van der Waals surface area contributed by atoms with E-state index in [0.717, 1.165) is 28.2 Å². The zero-order chi connectivity index (χ0) is 23.3. The minimum Gasteiger partial charge on any atom is -0.396 e. The van der Waals surface area contributed by atoms with E-state index in [4.69, 9.17) is 5.73 Å². The summed E-state index contributed by atoms with van der Waals surface area (Å²) in [7, 11) is 0. The van der Waals surface area contributed by atoms with Crippen LogP contribution in [0.25, 0.3) is 22.4 Å². The topological polar surface area (TPSA) is 103 Å². The smallest absolute Gasteiger partial charge is 0.257 e. The van der Waals surface area contributed by atoms with Gasteiger partial charge in [-0.15, -0.1) is 0 Å². The molecule has 0 aliphatic rings. The van der Waals surface area contributed by atoms with E-state index in [9.17, 15) is 9.18 Å². The van der Waals surface area contributed by atoms with E-state index in [0.29, 0.717) is 16.8 Å². The van der Waals surface area contributed by atoms with Crippen molar-refractivity contribution in [2.75, 3.05) is 5.73 Å². The average molecular weight is 443 g/mol. The number of hydrogen-bond acceptors (Lipinski definition) is 5. The number of rotatable bonds is 4. The van der Waals surface area contributed by atoms with Crippen LogP contribution < -0.4 is 11.1 Å². The maximum atomic E-state index is 14.4. The summed E-state index contributed by atoms with van der Waals surface area (Å²) in [6.07, 6.45) is 6.63. The van der Waals surface area contributed by atoms with Gasteiger partial charge in [0.1, 0.15) is 17.2 Å². The summed E-state index contributed by atoms with van der Waals surface area (Å²) in [5.41, 5.74) is 10.7. The molecule has 0 aliphatic carbocycles. The monoisotopic (exact) mass is 443 g/mol. The molecule has 3 N–H and O–H groups in total. The third-order valence-electron chi connectivity index (χ3n) is 5.82. The molecule has 5 aromatic rings. The van der Waals surface area contributed by atoms with Gasteiger partial charge in [-0.2, -0.15) is 5.10 Å². The summed E-state index contributed by atoms with van der Waals surface area (Å²) in [5.74, 6) is -0.0441. The van der Waals surface area contributed by atoms with Crippen molar-refractivity contribution in [2.45, 2.75) is 26.8 Å². The fourth-order valence-electron chi connectivity index (χ4n) is 4.15. The van der Waals surface area contributed by atoms with Gasteiger partial charge in [0, 0.05) is 18.0 Å². The minimum atomic E-state index is -0.501. The van der Waals surface area contributed by atoms with Crippen molar-refractivity contribution in [1.29, 1.82) is 0 Å². The van der Waals surface area contributed by atoms with E-state index in [2.05, 4.69) is 20.4 Å². The lowest BCUT2D eigenvalue weighted by Gasteiger charge is -2.21. The zero-order valence-corrected chi connectivity index (χ0v) is 18.4. The first-order valence-electron chi connectivity index (χ1n) is 10.5. The highest BCUT2D eigenvalue weighted by Crippen LogP contribution is 2.33. The molecule has 1 atom stereocenters. The first kappa shape index (κ1) is 20.6. The number of benzene rings is 1. The van der Waals surface area contributed by atoms with E-state index in [1.807, 2.05) is 31.2 Å². The number of nitrogen functional groups attached to an aromatic ring is 1. The van der Waals surface area contributed by atoms with Gasteiger partial charge in [-0.1, -0.05) is 6.07 Å². The van der Waals surface area contributed by atoms with Crippen molar-refractivity contribution in [3.8, 4) is 11.3 Å². The third-order valence-corrected chi connectivity index (χ3v) is 5.82. The molecule has 1 amide bonds. The van der Waals surface area contributed by atoms with Gasteiger partial charge in [-0.3, -0.25) is 9.20 Å². The number of anilines is 1. The molecular formula is C24H22FN7O. The summed E-state index contributed by atoms with van der Waals surface area (Å²) < 4.78 is 17.9. The molecule has 4 aromatic heterocycles. The van der Waals surface area contributed by atoms with Crippen LogP contribution in [0.4, 0.5) is 10.1 Å². The Morgan fingerprint density at radius 1 is 1.18 bits per heavy atom. The van der Waals surface area contributed by atoms with E-state index in [1.54, 1.807) is 41.3 Å². The summed E-state index contributed by atoms with van der Waals surface area (Å²) in [4.78, 5) is 21.8. The molecule has 0 radical (unpaired) electrons. The fourth-order valence-corrected chi connectivity index (χ4v) is 4.15. The molecule has 4 heterocycles. The second kappa shape index (κ2) is 7.70. The highest BCUT2D eigenvalue weighted by molar-refractivity contribution is 5.99. The number of aryl methyl sites for hydroxylation is 2. The molecule has 0 bridgehead atoms. The van der Waals surface area contributed by atoms with Gasteiger partial charge in [-0.05, 0) is 56.2 Å². The molecule has 0 saturated carbocycles. The Bertz CT molecular complexity index is 1540. The maximum absolute atomic E-state index is 14.4. The lowest BCUT2D eigenvalue weighted by molar-refractivity contribution is 0.0941. The van der Waals surface area contributed by atoms with E-state index in [1.165, 1.54) is 12.3 Å². The predicted molar refractivity (Wildman–Crippen MR) is 123 cm³/mol. The molecule has 0 spiro atoms. The minimum absolute atomic E-state index is 0.0768. The SMILES string of the molecule is Cc1cc(C(C)NC(=O)c2cnn3cccnc23)c(-c2ccc(N)c(F)c2)n2c(C)ncc12. The van der Waals surface area contributed by atoms with Crippen LogP contribution in [0, 0.1) is 19.7 Å². The quantitative estimate of drug-likeness (QED) is 0.411. The Hall–Kier alpha value is -4.27. The number of fused-ring (bicyclic) bond motifs is 2. The number of nitrogens with two attached hydrogens (primary N) is 1. The lowest BCUT2D eigenvalue weighted by atomic mass is 9.97. The molecule has 1 unspecified atom stereocenters. The zero-order valence-electron chi connectivity index (χ0n) is 18.4. The summed E-state index contributed by atoms with van der Waals surface area (Å²) >= 11 is 0. The largest absolute Gasteiger partial charge is 0.396 e. The number of carbonyl (C=O) groups excluding carboxylic acids is 1. The Labute approximate surface area is 188 Å². The van der Waals surface area contributed by atoms with Crippen LogP contribution in [-0.2, 0) is 0 Å².